The van der Waals surface area contributed by atoms with Crippen LogP contribution in [0.4, 0.5) is 11.4 Å². The van der Waals surface area contributed by atoms with Gasteiger partial charge >= 0.3 is 0 Å². The predicted octanol–water partition coefficient (Wildman–Crippen LogP) is 2.68. The third kappa shape index (κ3) is 1.61. The highest BCUT2D eigenvalue weighted by atomic mass is 79.9. The zero-order chi connectivity index (χ0) is 12.1. The lowest BCUT2D eigenvalue weighted by atomic mass is 9.87. The molecule has 0 saturated carbocycles. The molecular formula is C12H15BrN2O. The lowest BCUT2D eigenvalue weighted by Crippen LogP contribution is -2.32. The highest BCUT2D eigenvalue weighted by Crippen LogP contribution is 2.45. The number of anilines is 2. The summed E-state index contributed by atoms with van der Waals surface area (Å²) in [6.45, 7) is 6.52. The monoisotopic (exact) mass is 282 g/mol. The Balaban J connectivity index is 2.68. The molecule has 1 aliphatic rings. The second-order valence-corrected chi connectivity index (χ2v) is 5.80. The van der Waals surface area contributed by atoms with Crippen LogP contribution in [0.1, 0.15) is 26.3 Å². The van der Waals surface area contributed by atoms with Gasteiger partial charge in [-0.05, 0) is 17.7 Å². The quantitative estimate of drug-likeness (QED) is 0.744. The molecule has 0 aromatic heterocycles. The summed E-state index contributed by atoms with van der Waals surface area (Å²) in [5, 5.41) is 0. The summed E-state index contributed by atoms with van der Waals surface area (Å²) < 4.78 is 0.960. The van der Waals surface area contributed by atoms with Gasteiger partial charge in [0.15, 0.2) is 0 Å². The van der Waals surface area contributed by atoms with E-state index in [1.165, 1.54) is 0 Å². The third-order valence-corrected chi connectivity index (χ3v) is 3.49. The van der Waals surface area contributed by atoms with Crippen LogP contribution < -0.4 is 10.6 Å². The van der Waals surface area contributed by atoms with Crippen molar-refractivity contribution in [2.75, 3.05) is 17.2 Å². The Morgan fingerprint density at radius 3 is 2.69 bits per heavy atom. The van der Waals surface area contributed by atoms with Gasteiger partial charge in [-0.15, -0.1) is 0 Å². The Bertz CT molecular complexity index is 468. The van der Waals surface area contributed by atoms with Crippen LogP contribution in [0.25, 0.3) is 0 Å². The molecule has 1 heterocycles. The molecule has 1 amide bonds. The first kappa shape index (κ1) is 11.5. The van der Waals surface area contributed by atoms with Gasteiger partial charge in [-0.25, -0.2) is 0 Å². The molecule has 0 fully saturated rings. The van der Waals surface area contributed by atoms with E-state index in [1.54, 1.807) is 11.8 Å². The topological polar surface area (TPSA) is 46.3 Å². The van der Waals surface area contributed by atoms with Crippen molar-refractivity contribution in [3.05, 3.63) is 22.2 Å². The fourth-order valence-electron chi connectivity index (χ4n) is 2.27. The van der Waals surface area contributed by atoms with Crippen LogP contribution in [0.3, 0.4) is 0 Å². The standard InChI is InChI=1S/C12H15BrN2O/c1-7(16)15-6-12(2,3)9-4-8(13)5-10(14)11(9)15/h4-5H,6,14H2,1-3H3. The van der Waals surface area contributed by atoms with Gasteiger partial charge < -0.3 is 10.6 Å². The SMILES string of the molecule is CC(=O)N1CC(C)(C)c2cc(Br)cc(N)c21. The second kappa shape index (κ2) is 3.48. The third-order valence-electron chi connectivity index (χ3n) is 3.04. The molecule has 0 radical (unpaired) electrons. The van der Waals surface area contributed by atoms with Crippen molar-refractivity contribution in [3.63, 3.8) is 0 Å². The minimum Gasteiger partial charge on any atom is -0.397 e. The lowest BCUT2D eigenvalue weighted by Gasteiger charge is -2.19. The Morgan fingerprint density at radius 2 is 2.12 bits per heavy atom. The molecule has 86 valence electrons. The number of carbonyl (C=O) groups is 1. The van der Waals surface area contributed by atoms with E-state index in [0.29, 0.717) is 12.2 Å². The van der Waals surface area contributed by atoms with Gasteiger partial charge in [0.25, 0.3) is 0 Å². The van der Waals surface area contributed by atoms with Gasteiger partial charge in [0.05, 0.1) is 11.4 Å². The summed E-state index contributed by atoms with van der Waals surface area (Å²) in [7, 11) is 0. The van der Waals surface area contributed by atoms with Crippen molar-refractivity contribution in [2.24, 2.45) is 0 Å². The van der Waals surface area contributed by atoms with Gasteiger partial charge in [-0.2, -0.15) is 0 Å². The Morgan fingerprint density at radius 1 is 1.50 bits per heavy atom. The average molecular weight is 283 g/mol. The van der Waals surface area contributed by atoms with Crippen LogP contribution in [0.5, 0.6) is 0 Å². The first-order valence-electron chi connectivity index (χ1n) is 5.20. The molecule has 1 aromatic carbocycles. The van der Waals surface area contributed by atoms with E-state index in [1.807, 2.05) is 6.07 Å². The van der Waals surface area contributed by atoms with Gasteiger partial charge in [0.2, 0.25) is 5.91 Å². The number of nitrogens with zero attached hydrogens (tertiary/aromatic N) is 1. The molecule has 0 bridgehead atoms. The van der Waals surface area contributed by atoms with E-state index < -0.39 is 0 Å². The minimum absolute atomic E-state index is 0.0425. The second-order valence-electron chi connectivity index (χ2n) is 4.88. The molecule has 2 rings (SSSR count). The lowest BCUT2D eigenvalue weighted by molar-refractivity contribution is -0.116. The van der Waals surface area contributed by atoms with Crippen LogP contribution in [-0.2, 0) is 10.2 Å². The summed E-state index contributed by atoms with van der Waals surface area (Å²) in [6.07, 6.45) is 0. The summed E-state index contributed by atoms with van der Waals surface area (Å²) >= 11 is 3.44. The Hall–Kier alpha value is -1.03. The molecule has 0 saturated heterocycles. The van der Waals surface area contributed by atoms with Gasteiger partial charge in [0, 0.05) is 23.4 Å². The molecule has 16 heavy (non-hydrogen) atoms. The number of hydrogen-bond acceptors (Lipinski definition) is 2. The highest BCUT2D eigenvalue weighted by Gasteiger charge is 2.38. The number of benzene rings is 1. The maximum Gasteiger partial charge on any atom is 0.223 e. The van der Waals surface area contributed by atoms with E-state index in [4.69, 9.17) is 5.73 Å². The fourth-order valence-corrected chi connectivity index (χ4v) is 2.74. The highest BCUT2D eigenvalue weighted by molar-refractivity contribution is 9.10. The van der Waals surface area contributed by atoms with Crippen molar-refractivity contribution >= 4 is 33.2 Å². The van der Waals surface area contributed by atoms with E-state index in [-0.39, 0.29) is 11.3 Å². The largest absolute Gasteiger partial charge is 0.397 e. The van der Waals surface area contributed by atoms with Crippen molar-refractivity contribution < 1.29 is 4.79 Å². The maximum atomic E-state index is 11.6. The van der Waals surface area contributed by atoms with Gasteiger partial charge in [0.1, 0.15) is 0 Å². The Labute approximate surface area is 104 Å². The zero-order valence-corrected chi connectivity index (χ0v) is 11.3. The summed E-state index contributed by atoms with van der Waals surface area (Å²) in [5.41, 5.74) is 8.62. The number of halogens is 1. The van der Waals surface area contributed by atoms with Crippen molar-refractivity contribution in [3.8, 4) is 0 Å². The number of fused-ring (bicyclic) bond motifs is 1. The van der Waals surface area contributed by atoms with E-state index in [0.717, 1.165) is 15.7 Å². The molecule has 1 aliphatic heterocycles. The number of amides is 1. The molecule has 0 aliphatic carbocycles. The number of nitrogen functional groups attached to an aromatic ring is 1. The molecule has 0 atom stereocenters. The van der Waals surface area contributed by atoms with E-state index >= 15 is 0 Å². The van der Waals surface area contributed by atoms with Crippen LogP contribution in [0, 0.1) is 0 Å². The van der Waals surface area contributed by atoms with Gasteiger partial charge in [-0.1, -0.05) is 29.8 Å². The number of hydrogen-bond donors (Lipinski definition) is 1. The average Bonchev–Trinajstić information content (AvgIpc) is 2.39. The summed E-state index contributed by atoms with van der Waals surface area (Å²) in [4.78, 5) is 13.4. The Kier molecular flexibility index (Phi) is 2.49. The van der Waals surface area contributed by atoms with Crippen LogP contribution in [0.15, 0.2) is 16.6 Å². The van der Waals surface area contributed by atoms with E-state index in [9.17, 15) is 4.79 Å². The normalized spacial score (nSPS) is 17.4. The van der Waals surface area contributed by atoms with Crippen LogP contribution >= 0.6 is 15.9 Å². The van der Waals surface area contributed by atoms with Crippen molar-refractivity contribution in [2.45, 2.75) is 26.2 Å². The molecule has 2 N–H and O–H groups in total. The minimum atomic E-state index is -0.0428. The molecular weight excluding hydrogens is 268 g/mol. The smallest absolute Gasteiger partial charge is 0.223 e. The zero-order valence-electron chi connectivity index (χ0n) is 9.67. The predicted molar refractivity (Wildman–Crippen MR) is 69.6 cm³/mol. The molecule has 1 aromatic rings. The van der Waals surface area contributed by atoms with Crippen molar-refractivity contribution in [1.82, 2.24) is 0 Å². The summed E-state index contributed by atoms with van der Waals surface area (Å²) in [5.74, 6) is 0.0425. The molecule has 0 spiro atoms. The summed E-state index contributed by atoms with van der Waals surface area (Å²) in [6, 6.07) is 3.89. The molecule has 4 heteroatoms. The number of nitrogens with two attached hydrogens (primary N) is 1. The van der Waals surface area contributed by atoms with Gasteiger partial charge in [-0.3, -0.25) is 4.79 Å². The van der Waals surface area contributed by atoms with Crippen LogP contribution in [-0.4, -0.2) is 12.5 Å². The van der Waals surface area contributed by atoms with Crippen molar-refractivity contribution in [1.29, 1.82) is 0 Å². The van der Waals surface area contributed by atoms with Crippen LogP contribution in [0.2, 0.25) is 0 Å². The fraction of sp³-hybridized carbons (Fsp3) is 0.417. The number of carbonyl (C=O) groups excluding carboxylic acids is 1. The first-order chi connectivity index (χ1) is 7.33. The number of rotatable bonds is 0. The first-order valence-corrected chi connectivity index (χ1v) is 6.00. The maximum absolute atomic E-state index is 11.6. The molecule has 0 unspecified atom stereocenters. The van der Waals surface area contributed by atoms with E-state index in [2.05, 4.69) is 35.8 Å². The molecule has 3 nitrogen and oxygen atoms in total.